The lowest BCUT2D eigenvalue weighted by Gasteiger charge is -2.37. The summed E-state index contributed by atoms with van der Waals surface area (Å²) in [4.78, 5) is 30.2. The van der Waals surface area contributed by atoms with Gasteiger partial charge in [-0.15, -0.1) is 0 Å². The van der Waals surface area contributed by atoms with Crippen LogP contribution >= 0.6 is 0 Å². The summed E-state index contributed by atoms with van der Waals surface area (Å²) in [7, 11) is 0. The molecule has 2 aromatic heterocycles. The van der Waals surface area contributed by atoms with Crippen molar-refractivity contribution in [2.24, 2.45) is 5.92 Å². The lowest BCUT2D eigenvalue weighted by atomic mass is 9.96. The average Bonchev–Trinajstić information content (AvgIpc) is 3.60. The molecule has 7 heteroatoms. The van der Waals surface area contributed by atoms with Gasteiger partial charge in [0, 0.05) is 43.4 Å². The highest BCUT2D eigenvalue weighted by molar-refractivity contribution is 5.93. The second-order valence-electron chi connectivity index (χ2n) is 7.97. The Morgan fingerprint density at radius 3 is 2.50 bits per heavy atom. The molecule has 146 valence electrons. The fourth-order valence-corrected chi connectivity index (χ4v) is 4.17. The smallest absolute Gasteiger partial charge is 0.228 e. The maximum atomic E-state index is 11.9. The van der Waals surface area contributed by atoms with Crippen LogP contribution in [0.4, 0.5) is 17.3 Å². The van der Waals surface area contributed by atoms with Crippen molar-refractivity contribution < 1.29 is 4.79 Å². The van der Waals surface area contributed by atoms with E-state index in [1.165, 1.54) is 24.1 Å². The number of amides is 1. The van der Waals surface area contributed by atoms with Crippen LogP contribution < -0.4 is 15.1 Å². The van der Waals surface area contributed by atoms with Crippen molar-refractivity contribution in [1.29, 1.82) is 0 Å². The highest BCUT2D eigenvalue weighted by Gasteiger charge is 2.30. The number of piperazine rings is 1. The van der Waals surface area contributed by atoms with Gasteiger partial charge in [0.25, 0.3) is 0 Å². The van der Waals surface area contributed by atoms with E-state index in [1.54, 1.807) is 6.33 Å². The van der Waals surface area contributed by atoms with Crippen molar-refractivity contribution in [3.05, 3.63) is 35.9 Å². The minimum absolute atomic E-state index is 0.0991. The number of fused-ring (bicyclic) bond motifs is 1. The van der Waals surface area contributed by atoms with Gasteiger partial charge in [0.05, 0.1) is 11.9 Å². The number of carbonyl (C=O) groups excluding carboxylic acids is 1. The molecule has 1 aliphatic heterocycles. The Morgan fingerprint density at radius 1 is 0.964 bits per heavy atom. The molecule has 0 bridgehead atoms. The van der Waals surface area contributed by atoms with Gasteiger partial charge in [-0.1, -0.05) is 0 Å². The second-order valence-corrected chi connectivity index (χ2v) is 7.97. The average molecular weight is 378 g/mol. The zero-order valence-corrected chi connectivity index (χ0v) is 16.1. The Bertz CT molecular complexity index is 856. The normalized spacial score (nSPS) is 19.3. The summed E-state index contributed by atoms with van der Waals surface area (Å²) >= 11 is 0. The van der Waals surface area contributed by atoms with E-state index in [0.717, 1.165) is 63.4 Å². The van der Waals surface area contributed by atoms with Crippen molar-refractivity contribution >= 4 is 23.2 Å². The molecule has 1 amide bonds. The van der Waals surface area contributed by atoms with Crippen LogP contribution in [0.3, 0.4) is 0 Å². The summed E-state index contributed by atoms with van der Waals surface area (Å²) in [5.41, 5.74) is 3.71. The highest BCUT2D eigenvalue weighted by atomic mass is 16.2. The minimum Gasteiger partial charge on any atom is -0.367 e. The van der Waals surface area contributed by atoms with E-state index in [9.17, 15) is 4.79 Å². The van der Waals surface area contributed by atoms with Gasteiger partial charge in [0.15, 0.2) is 0 Å². The molecule has 5 rings (SSSR count). The maximum Gasteiger partial charge on any atom is 0.228 e. The molecule has 2 aromatic rings. The van der Waals surface area contributed by atoms with Gasteiger partial charge < -0.3 is 15.1 Å². The van der Waals surface area contributed by atoms with Gasteiger partial charge in [0.2, 0.25) is 5.91 Å². The molecule has 0 atom stereocenters. The zero-order chi connectivity index (χ0) is 18.9. The Balaban J connectivity index is 1.22. The van der Waals surface area contributed by atoms with Crippen molar-refractivity contribution in [3.63, 3.8) is 0 Å². The third kappa shape index (κ3) is 3.53. The monoisotopic (exact) mass is 378 g/mol. The molecule has 2 aliphatic carbocycles. The van der Waals surface area contributed by atoms with Gasteiger partial charge >= 0.3 is 0 Å². The molecule has 3 aliphatic rings. The van der Waals surface area contributed by atoms with Crippen LogP contribution in [0.2, 0.25) is 0 Å². The summed E-state index contributed by atoms with van der Waals surface area (Å²) in [6.07, 6.45) is 10.3. The predicted molar refractivity (Wildman–Crippen MR) is 109 cm³/mol. The van der Waals surface area contributed by atoms with E-state index >= 15 is 0 Å². The van der Waals surface area contributed by atoms with Crippen LogP contribution in [0.25, 0.3) is 0 Å². The Kier molecular flexibility index (Phi) is 4.58. The summed E-state index contributed by atoms with van der Waals surface area (Å²) < 4.78 is 0. The Morgan fingerprint density at radius 2 is 1.75 bits per heavy atom. The molecule has 1 saturated carbocycles. The van der Waals surface area contributed by atoms with E-state index in [4.69, 9.17) is 0 Å². The van der Waals surface area contributed by atoms with Crippen LogP contribution in [0.1, 0.15) is 36.9 Å². The second kappa shape index (κ2) is 7.37. The van der Waals surface area contributed by atoms with E-state index in [2.05, 4.69) is 36.1 Å². The van der Waals surface area contributed by atoms with Gasteiger partial charge in [-0.2, -0.15) is 0 Å². The van der Waals surface area contributed by atoms with Crippen molar-refractivity contribution in [1.82, 2.24) is 15.0 Å². The molecule has 0 aromatic carbocycles. The van der Waals surface area contributed by atoms with Gasteiger partial charge in [-0.3, -0.25) is 4.79 Å². The third-order valence-electron chi connectivity index (χ3n) is 5.99. The SMILES string of the molecule is O=C(Nc1ccc(N2CCN(c3ncnc4c3CCCC4)CC2)cn1)C1CC1. The number of nitrogens with zero attached hydrogens (tertiary/aromatic N) is 5. The number of hydrogen-bond acceptors (Lipinski definition) is 6. The first kappa shape index (κ1) is 17.4. The Hall–Kier alpha value is -2.70. The molecule has 0 radical (unpaired) electrons. The van der Waals surface area contributed by atoms with Crippen molar-refractivity contribution in [3.8, 4) is 0 Å². The molecule has 0 spiro atoms. The summed E-state index contributed by atoms with van der Waals surface area (Å²) in [6, 6.07) is 3.96. The van der Waals surface area contributed by atoms with E-state index in [1.807, 2.05) is 12.3 Å². The first-order valence-corrected chi connectivity index (χ1v) is 10.4. The molecule has 2 fully saturated rings. The topological polar surface area (TPSA) is 74.2 Å². The summed E-state index contributed by atoms with van der Waals surface area (Å²) in [5, 5.41) is 2.90. The Labute approximate surface area is 165 Å². The first-order chi connectivity index (χ1) is 13.8. The molecule has 3 heterocycles. The standard InChI is InChI=1S/C21H26N6O/c28-21(15-5-6-15)25-19-8-7-16(13-22-19)26-9-11-27(12-10-26)20-17-3-1-2-4-18(17)23-14-24-20/h7-8,13-15H,1-6,9-12H2,(H,22,25,28). The van der Waals surface area contributed by atoms with Gasteiger partial charge in [-0.05, 0) is 50.7 Å². The quantitative estimate of drug-likeness (QED) is 0.881. The minimum atomic E-state index is 0.0991. The van der Waals surface area contributed by atoms with Crippen LogP contribution in [-0.4, -0.2) is 47.0 Å². The number of anilines is 3. The molecule has 28 heavy (non-hydrogen) atoms. The van der Waals surface area contributed by atoms with Crippen LogP contribution in [-0.2, 0) is 17.6 Å². The number of hydrogen-bond donors (Lipinski definition) is 1. The number of rotatable bonds is 4. The van der Waals surface area contributed by atoms with Crippen LogP contribution in [0, 0.1) is 5.92 Å². The molecule has 1 N–H and O–H groups in total. The highest BCUT2D eigenvalue weighted by Crippen LogP contribution is 2.30. The fourth-order valence-electron chi connectivity index (χ4n) is 4.17. The zero-order valence-electron chi connectivity index (χ0n) is 16.1. The maximum absolute atomic E-state index is 11.9. The van der Waals surface area contributed by atoms with Crippen molar-refractivity contribution in [2.45, 2.75) is 38.5 Å². The number of aromatic nitrogens is 3. The van der Waals surface area contributed by atoms with Gasteiger partial charge in [0.1, 0.15) is 18.0 Å². The first-order valence-electron chi connectivity index (χ1n) is 10.4. The van der Waals surface area contributed by atoms with E-state index in [-0.39, 0.29) is 11.8 Å². The molecule has 7 nitrogen and oxygen atoms in total. The fraction of sp³-hybridized carbons (Fsp3) is 0.524. The lowest BCUT2D eigenvalue weighted by Crippen LogP contribution is -2.47. The predicted octanol–water partition coefficient (Wildman–Crippen LogP) is 2.43. The van der Waals surface area contributed by atoms with Crippen LogP contribution in [0.5, 0.6) is 0 Å². The molecule has 0 unspecified atom stereocenters. The summed E-state index contributed by atoms with van der Waals surface area (Å²) in [6.45, 7) is 3.77. The number of carbonyl (C=O) groups is 1. The molecular weight excluding hydrogens is 352 g/mol. The van der Waals surface area contributed by atoms with Gasteiger partial charge in [-0.25, -0.2) is 15.0 Å². The third-order valence-corrected chi connectivity index (χ3v) is 5.99. The van der Waals surface area contributed by atoms with E-state index < -0.39 is 0 Å². The van der Waals surface area contributed by atoms with E-state index in [0.29, 0.717) is 5.82 Å². The molecule has 1 saturated heterocycles. The lowest BCUT2D eigenvalue weighted by molar-refractivity contribution is -0.117. The van der Waals surface area contributed by atoms with Crippen LogP contribution in [0.15, 0.2) is 24.7 Å². The number of pyridine rings is 1. The summed E-state index contributed by atoms with van der Waals surface area (Å²) in [5.74, 6) is 2.08. The van der Waals surface area contributed by atoms with Crippen molar-refractivity contribution in [2.75, 3.05) is 41.3 Å². The molecular formula is C21H26N6O. The number of aryl methyl sites for hydroxylation is 1. The number of nitrogens with one attached hydrogen (secondary N) is 1. The largest absolute Gasteiger partial charge is 0.367 e.